The molecule has 0 aliphatic rings. The molecule has 0 saturated carbocycles. The molecule has 0 rings (SSSR count). The van der Waals surface area contributed by atoms with Gasteiger partial charge in [0.05, 0.1) is 0 Å². The maximum atomic E-state index is 12.2. The number of hydrogen-bond acceptors (Lipinski definition) is 2. The molecule has 3 nitrogen and oxygen atoms in total. The van der Waals surface area contributed by atoms with Crippen LogP contribution in [0.15, 0.2) is 0 Å². The van der Waals surface area contributed by atoms with Gasteiger partial charge in [0.15, 0.2) is 0 Å². The maximum Gasteiger partial charge on any atom is 0.225 e. The third-order valence-corrected chi connectivity index (χ3v) is 6.66. The summed E-state index contributed by atoms with van der Waals surface area (Å²) in [5.41, 5.74) is 0. The van der Waals surface area contributed by atoms with E-state index in [0.29, 0.717) is 12.6 Å². The molecule has 0 aromatic rings. The van der Waals surface area contributed by atoms with Crippen LogP contribution in [0.25, 0.3) is 0 Å². The molecule has 0 fully saturated rings. The van der Waals surface area contributed by atoms with Gasteiger partial charge in [0.1, 0.15) is 0 Å². The van der Waals surface area contributed by atoms with E-state index in [2.05, 4.69) is 6.92 Å². The second kappa shape index (κ2) is 14.5. The van der Waals surface area contributed by atoms with E-state index in [0.717, 1.165) is 25.7 Å². The molecule has 0 spiro atoms. The summed E-state index contributed by atoms with van der Waals surface area (Å²) in [6.07, 6.45) is 13.8. The molecule has 0 heterocycles. The highest BCUT2D eigenvalue weighted by Crippen LogP contribution is 2.44. The van der Waals surface area contributed by atoms with E-state index in [4.69, 9.17) is 11.6 Å². The van der Waals surface area contributed by atoms with Gasteiger partial charge in [-0.25, -0.2) is 0 Å². The van der Waals surface area contributed by atoms with Gasteiger partial charge in [0, 0.05) is 18.2 Å². The van der Waals surface area contributed by atoms with E-state index >= 15 is 0 Å². The lowest BCUT2D eigenvalue weighted by Gasteiger charge is -2.16. The van der Waals surface area contributed by atoms with Crippen LogP contribution >= 0.6 is 19.0 Å². The average molecular weight is 367 g/mol. The minimum absolute atomic E-state index is 0.0562. The predicted molar refractivity (Wildman–Crippen MR) is 101 cm³/mol. The van der Waals surface area contributed by atoms with Crippen LogP contribution in [0.4, 0.5) is 0 Å². The molecule has 0 aliphatic carbocycles. The molecule has 23 heavy (non-hydrogen) atoms. The number of carbonyl (C=O) groups excluding carboxylic acids is 1. The van der Waals surface area contributed by atoms with Gasteiger partial charge in [-0.1, -0.05) is 78.1 Å². The van der Waals surface area contributed by atoms with Crippen molar-refractivity contribution in [1.29, 1.82) is 0 Å². The first-order chi connectivity index (χ1) is 10.9. The van der Waals surface area contributed by atoms with Crippen LogP contribution in [0.2, 0.25) is 0 Å². The van der Waals surface area contributed by atoms with Gasteiger partial charge < -0.3 is 4.89 Å². The van der Waals surface area contributed by atoms with Crippen molar-refractivity contribution in [3.8, 4) is 0 Å². The van der Waals surface area contributed by atoms with Gasteiger partial charge in [-0.05, 0) is 24.4 Å². The Morgan fingerprint density at radius 2 is 1.39 bits per heavy atom. The Hall–Kier alpha value is 0.150. The molecule has 1 N–H and O–H groups in total. The number of hydrogen-bond donors (Lipinski definition) is 1. The van der Waals surface area contributed by atoms with Crippen molar-refractivity contribution in [2.45, 2.75) is 90.9 Å². The van der Waals surface area contributed by atoms with Crippen LogP contribution in [0, 0.1) is 5.92 Å². The van der Waals surface area contributed by atoms with Crippen molar-refractivity contribution in [1.82, 2.24) is 0 Å². The van der Waals surface area contributed by atoms with Gasteiger partial charge in [0.25, 0.3) is 0 Å². The third kappa shape index (κ3) is 14.2. The quantitative estimate of drug-likeness (QED) is 0.196. The van der Waals surface area contributed by atoms with E-state index in [1.54, 1.807) is 0 Å². The highest BCUT2D eigenvalue weighted by Gasteiger charge is 2.26. The molecule has 0 aromatic carbocycles. The van der Waals surface area contributed by atoms with Crippen LogP contribution in [0.1, 0.15) is 90.9 Å². The number of halogens is 1. The molecule has 138 valence electrons. The zero-order valence-corrected chi connectivity index (χ0v) is 16.7. The second-order valence-corrected chi connectivity index (χ2v) is 9.60. The molecule has 0 aliphatic heterocycles. The van der Waals surface area contributed by atoms with Gasteiger partial charge in [-0.2, -0.15) is 0 Å². The van der Waals surface area contributed by atoms with E-state index in [-0.39, 0.29) is 6.16 Å². The Morgan fingerprint density at radius 3 is 1.83 bits per heavy atom. The summed E-state index contributed by atoms with van der Waals surface area (Å²) >= 11 is 5.52. The summed E-state index contributed by atoms with van der Waals surface area (Å²) in [5, 5.41) is -0.468. The normalized spacial score (nSPS) is 15.3. The Morgan fingerprint density at radius 1 is 0.913 bits per heavy atom. The molecule has 2 unspecified atom stereocenters. The van der Waals surface area contributed by atoms with Crippen LogP contribution in [-0.2, 0) is 9.36 Å². The highest BCUT2D eigenvalue weighted by molar-refractivity contribution is 7.58. The minimum Gasteiger partial charge on any atom is -0.344 e. The molecular formula is C18H36ClO3P. The standard InChI is InChI=1S/C18H36ClO3P/c1-3-5-6-7-8-9-10-11-12-13-15-23(21,22)16-17(14-4-2)18(19)20/h17H,3-16H2,1-2H3,(H,21,22). The third-order valence-electron chi connectivity index (χ3n) is 4.32. The fraction of sp³-hybridized carbons (Fsp3) is 0.944. The van der Waals surface area contributed by atoms with Crippen molar-refractivity contribution in [3.63, 3.8) is 0 Å². The van der Waals surface area contributed by atoms with Crippen LogP contribution in [0.3, 0.4) is 0 Å². The van der Waals surface area contributed by atoms with Gasteiger partial charge in [0.2, 0.25) is 12.6 Å². The lowest BCUT2D eigenvalue weighted by Crippen LogP contribution is -2.15. The molecule has 0 radical (unpaired) electrons. The summed E-state index contributed by atoms with van der Waals surface area (Å²) in [4.78, 5) is 21.3. The summed E-state index contributed by atoms with van der Waals surface area (Å²) in [6, 6.07) is 0. The largest absolute Gasteiger partial charge is 0.344 e. The zero-order valence-electron chi connectivity index (χ0n) is 15.1. The molecule has 0 aromatic heterocycles. The van der Waals surface area contributed by atoms with E-state index in [1.807, 2.05) is 6.92 Å². The molecule has 0 bridgehead atoms. The van der Waals surface area contributed by atoms with Gasteiger partial charge >= 0.3 is 0 Å². The Kier molecular flexibility index (Phi) is 14.6. The average Bonchev–Trinajstić information content (AvgIpc) is 2.48. The van der Waals surface area contributed by atoms with E-state index < -0.39 is 18.5 Å². The van der Waals surface area contributed by atoms with Gasteiger partial charge in [-0.15, -0.1) is 0 Å². The topological polar surface area (TPSA) is 54.4 Å². The maximum absolute atomic E-state index is 12.2. The molecule has 0 saturated heterocycles. The second-order valence-electron chi connectivity index (χ2n) is 6.72. The fourth-order valence-corrected chi connectivity index (χ4v) is 5.14. The molecule has 2 atom stereocenters. The first kappa shape index (κ1) is 23.1. The Labute approximate surface area is 148 Å². The number of carbonyl (C=O) groups is 1. The zero-order chi connectivity index (χ0) is 17.6. The lowest BCUT2D eigenvalue weighted by molar-refractivity contribution is -0.114. The summed E-state index contributed by atoms with van der Waals surface area (Å²) in [5.74, 6) is -0.458. The van der Waals surface area contributed by atoms with E-state index in [9.17, 15) is 14.3 Å². The smallest absolute Gasteiger partial charge is 0.225 e. The summed E-state index contributed by atoms with van der Waals surface area (Å²) in [7, 11) is -3.21. The van der Waals surface area contributed by atoms with Crippen molar-refractivity contribution in [2.24, 2.45) is 5.92 Å². The minimum atomic E-state index is -3.21. The number of rotatable bonds is 16. The Bertz CT molecular complexity index is 347. The van der Waals surface area contributed by atoms with E-state index in [1.165, 1.54) is 44.9 Å². The van der Waals surface area contributed by atoms with Gasteiger partial charge in [-0.3, -0.25) is 9.36 Å². The molecule has 0 amide bonds. The highest BCUT2D eigenvalue weighted by atomic mass is 35.5. The lowest BCUT2D eigenvalue weighted by atomic mass is 10.1. The van der Waals surface area contributed by atoms with Crippen molar-refractivity contribution in [2.75, 3.05) is 12.3 Å². The van der Waals surface area contributed by atoms with Crippen LogP contribution in [0.5, 0.6) is 0 Å². The van der Waals surface area contributed by atoms with Crippen LogP contribution < -0.4 is 0 Å². The van der Waals surface area contributed by atoms with Crippen molar-refractivity contribution < 1.29 is 14.3 Å². The predicted octanol–water partition coefficient (Wildman–Crippen LogP) is 6.36. The Balaban J connectivity index is 3.69. The fourth-order valence-electron chi connectivity index (χ4n) is 2.91. The van der Waals surface area contributed by atoms with Crippen molar-refractivity contribution in [3.05, 3.63) is 0 Å². The first-order valence-electron chi connectivity index (χ1n) is 9.43. The summed E-state index contributed by atoms with van der Waals surface area (Å²) in [6.45, 7) is 4.19. The van der Waals surface area contributed by atoms with Crippen LogP contribution in [-0.4, -0.2) is 22.5 Å². The first-order valence-corrected chi connectivity index (χ1v) is 11.8. The molecule has 5 heteroatoms. The molecular weight excluding hydrogens is 331 g/mol. The summed E-state index contributed by atoms with van der Waals surface area (Å²) < 4.78 is 12.2. The number of unbranched alkanes of at least 4 members (excludes halogenated alkanes) is 9. The monoisotopic (exact) mass is 366 g/mol. The SMILES string of the molecule is CCCCCCCCCCCCP(=O)(O)CC(CCC)C(=O)Cl. The van der Waals surface area contributed by atoms with Crippen molar-refractivity contribution >= 4 is 24.2 Å².